The van der Waals surface area contributed by atoms with Crippen molar-refractivity contribution in [2.45, 2.75) is 38.5 Å². The van der Waals surface area contributed by atoms with Gasteiger partial charge in [-0.3, -0.25) is 0 Å². The molecule has 0 saturated heterocycles. The zero-order valence-electron chi connectivity index (χ0n) is 10.6. The van der Waals surface area contributed by atoms with Crippen LogP contribution in [0, 0.1) is 11.7 Å². The van der Waals surface area contributed by atoms with Crippen LogP contribution in [0.2, 0.25) is 0 Å². The lowest BCUT2D eigenvalue weighted by Crippen LogP contribution is -2.25. The van der Waals surface area contributed by atoms with E-state index in [1.807, 2.05) is 6.07 Å². The molecule has 1 aliphatic carbocycles. The van der Waals surface area contributed by atoms with Crippen molar-refractivity contribution in [1.29, 1.82) is 0 Å². The maximum Gasteiger partial charge on any atom is 0.123 e. The van der Waals surface area contributed by atoms with Gasteiger partial charge in [-0.2, -0.15) is 0 Å². The van der Waals surface area contributed by atoms with E-state index >= 15 is 0 Å². The Balaban J connectivity index is 1.99. The maximum atomic E-state index is 13.2. The van der Waals surface area contributed by atoms with Crippen molar-refractivity contribution in [2.24, 2.45) is 5.92 Å². The van der Waals surface area contributed by atoms with Crippen molar-refractivity contribution in [3.8, 4) is 0 Å². The first kappa shape index (κ1) is 12.6. The molecule has 2 unspecified atom stereocenters. The minimum Gasteiger partial charge on any atom is -0.316 e. The van der Waals surface area contributed by atoms with Crippen LogP contribution in [0.15, 0.2) is 24.3 Å². The molecular formula is C15H22FN. The highest BCUT2D eigenvalue weighted by molar-refractivity contribution is 5.22. The first-order valence-electron chi connectivity index (χ1n) is 6.77. The Bertz CT molecular complexity index is 351. The molecule has 2 atom stereocenters. The summed E-state index contributed by atoms with van der Waals surface area (Å²) in [6, 6.07) is 7.15. The van der Waals surface area contributed by atoms with Crippen molar-refractivity contribution in [2.75, 3.05) is 13.1 Å². The van der Waals surface area contributed by atoms with E-state index < -0.39 is 0 Å². The zero-order chi connectivity index (χ0) is 12.1. The summed E-state index contributed by atoms with van der Waals surface area (Å²) in [6.07, 6.45) is 4.94. The van der Waals surface area contributed by atoms with Gasteiger partial charge in [-0.05, 0) is 61.9 Å². The number of benzene rings is 1. The molecule has 1 aromatic carbocycles. The Kier molecular flexibility index (Phi) is 4.55. The summed E-state index contributed by atoms with van der Waals surface area (Å²) in [6.45, 7) is 4.35. The van der Waals surface area contributed by atoms with Crippen LogP contribution in [0.1, 0.15) is 44.1 Å². The van der Waals surface area contributed by atoms with Crippen molar-refractivity contribution in [3.05, 3.63) is 35.6 Å². The van der Waals surface area contributed by atoms with E-state index in [2.05, 4.69) is 18.3 Å². The van der Waals surface area contributed by atoms with Crippen LogP contribution in [0.4, 0.5) is 4.39 Å². The number of rotatable bonds is 5. The van der Waals surface area contributed by atoms with Crippen LogP contribution in [0.5, 0.6) is 0 Å². The lowest BCUT2D eigenvalue weighted by atomic mass is 9.89. The van der Waals surface area contributed by atoms with Crippen LogP contribution in [-0.4, -0.2) is 13.1 Å². The third kappa shape index (κ3) is 3.29. The van der Waals surface area contributed by atoms with Gasteiger partial charge in [0.15, 0.2) is 0 Å². The van der Waals surface area contributed by atoms with Crippen molar-refractivity contribution in [1.82, 2.24) is 5.32 Å². The third-order valence-electron chi connectivity index (χ3n) is 3.77. The van der Waals surface area contributed by atoms with Crippen LogP contribution in [-0.2, 0) is 0 Å². The minimum absolute atomic E-state index is 0.102. The highest BCUT2D eigenvalue weighted by Gasteiger charge is 2.28. The highest BCUT2D eigenvalue weighted by atomic mass is 19.1. The Hall–Kier alpha value is -0.890. The minimum atomic E-state index is -0.102. The van der Waals surface area contributed by atoms with E-state index in [0.29, 0.717) is 11.8 Å². The van der Waals surface area contributed by atoms with Gasteiger partial charge < -0.3 is 5.32 Å². The van der Waals surface area contributed by atoms with Crippen LogP contribution >= 0.6 is 0 Å². The summed E-state index contributed by atoms with van der Waals surface area (Å²) in [5.41, 5.74) is 1.19. The monoisotopic (exact) mass is 235 g/mol. The topological polar surface area (TPSA) is 12.0 Å². The standard InChI is InChI=1S/C15H22FN/c1-2-9-17-11-13-6-4-8-15(13)12-5-3-7-14(16)10-12/h3,5,7,10,13,15,17H,2,4,6,8-9,11H2,1H3. The van der Waals surface area contributed by atoms with Gasteiger partial charge in [0, 0.05) is 0 Å². The Morgan fingerprint density at radius 3 is 3.00 bits per heavy atom. The smallest absolute Gasteiger partial charge is 0.123 e. The number of hydrogen-bond donors (Lipinski definition) is 1. The molecule has 1 saturated carbocycles. The summed E-state index contributed by atoms with van der Waals surface area (Å²) in [5.74, 6) is 1.13. The third-order valence-corrected chi connectivity index (χ3v) is 3.77. The normalized spacial score (nSPS) is 24.1. The molecule has 1 N–H and O–H groups in total. The van der Waals surface area contributed by atoms with E-state index in [4.69, 9.17) is 0 Å². The maximum absolute atomic E-state index is 13.2. The van der Waals surface area contributed by atoms with Crippen LogP contribution in [0.25, 0.3) is 0 Å². The fourth-order valence-corrected chi connectivity index (χ4v) is 2.92. The predicted molar refractivity (Wildman–Crippen MR) is 69.6 cm³/mol. The van der Waals surface area contributed by atoms with E-state index in [1.165, 1.54) is 37.3 Å². The molecule has 0 aliphatic heterocycles. The molecule has 2 heteroatoms. The molecule has 1 aromatic rings. The van der Waals surface area contributed by atoms with Gasteiger partial charge in [-0.1, -0.05) is 25.5 Å². The fraction of sp³-hybridized carbons (Fsp3) is 0.600. The summed E-state index contributed by atoms with van der Waals surface area (Å²) in [4.78, 5) is 0. The Morgan fingerprint density at radius 1 is 1.35 bits per heavy atom. The van der Waals surface area contributed by atoms with Crippen LogP contribution in [0.3, 0.4) is 0 Å². The second-order valence-electron chi connectivity index (χ2n) is 5.06. The van der Waals surface area contributed by atoms with Gasteiger partial charge in [0.1, 0.15) is 5.82 Å². The van der Waals surface area contributed by atoms with E-state index in [1.54, 1.807) is 6.07 Å². The summed E-state index contributed by atoms with van der Waals surface area (Å²) < 4.78 is 13.2. The van der Waals surface area contributed by atoms with Crippen molar-refractivity contribution in [3.63, 3.8) is 0 Å². The van der Waals surface area contributed by atoms with Gasteiger partial charge in [-0.25, -0.2) is 4.39 Å². The van der Waals surface area contributed by atoms with E-state index in [0.717, 1.165) is 13.1 Å². The van der Waals surface area contributed by atoms with E-state index in [-0.39, 0.29) is 5.82 Å². The molecule has 0 amide bonds. The second kappa shape index (κ2) is 6.15. The SMILES string of the molecule is CCCNCC1CCCC1c1cccc(F)c1. The predicted octanol–water partition coefficient (Wildman–Crippen LogP) is 3.71. The number of nitrogens with one attached hydrogen (secondary N) is 1. The summed E-state index contributed by atoms with van der Waals surface area (Å²) >= 11 is 0. The molecule has 0 aromatic heterocycles. The lowest BCUT2D eigenvalue weighted by molar-refractivity contribution is 0.443. The van der Waals surface area contributed by atoms with Gasteiger partial charge in [0.25, 0.3) is 0 Å². The molecule has 1 aliphatic rings. The van der Waals surface area contributed by atoms with E-state index in [9.17, 15) is 4.39 Å². The van der Waals surface area contributed by atoms with Gasteiger partial charge in [0.2, 0.25) is 0 Å². The molecule has 1 fully saturated rings. The molecule has 94 valence electrons. The van der Waals surface area contributed by atoms with Crippen molar-refractivity contribution < 1.29 is 4.39 Å². The average Bonchev–Trinajstić information content (AvgIpc) is 2.78. The lowest BCUT2D eigenvalue weighted by Gasteiger charge is -2.20. The van der Waals surface area contributed by atoms with Crippen LogP contribution < -0.4 is 5.32 Å². The molecule has 0 radical (unpaired) electrons. The number of halogens is 1. The molecule has 0 bridgehead atoms. The first-order valence-corrected chi connectivity index (χ1v) is 6.77. The van der Waals surface area contributed by atoms with Gasteiger partial charge in [0.05, 0.1) is 0 Å². The largest absolute Gasteiger partial charge is 0.316 e. The number of hydrogen-bond acceptors (Lipinski definition) is 1. The zero-order valence-corrected chi connectivity index (χ0v) is 10.6. The highest BCUT2D eigenvalue weighted by Crippen LogP contribution is 2.39. The first-order chi connectivity index (χ1) is 8.31. The Morgan fingerprint density at radius 2 is 2.24 bits per heavy atom. The Labute approximate surface area is 103 Å². The second-order valence-corrected chi connectivity index (χ2v) is 5.06. The van der Waals surface area contributed by atoms with Crippen molar-refractivity contribution >= 4 is 0 Å². The quantitative estimate of drug-likeness (QED) is 0.767. The molecule has 17 heavy (non-hydrogen) atoms. The van der Waals surface area contributed by atoms with Gasteiger partial charge in [-0.15, -0.1) is 0 Å². The molecular weight excluding hydrogens is 213 g/mol. The molecule has 1 nitrogen and oxygen atoms in total. The summed E-state index contributed by atoms with van der Waals surface area (Å²) in [5, 5.41) is 3.50. The molecule has 0 heterocycles. The summed E-state index contributed by atoms with van der Waals surface area (Å²) in [7, 11) is 0. The molecule has 2 rings (SSSR count). The van der Waals surface area contributed by atoms with Gasteiger partial charge >= 0.3 is 0 Å². The molecule has 0 spiro atoms. The average molecular weight is 235 g/mol. The fourth-order valence-electron chi connectivity index (χ4n) is 2.92.